The zero-order valence-corrected chi connectivity index (χ0v) is 33.5. The second-order valence-electron chi connectivity index (χ2n) is 14.1. The van der Waals surface area contributed by atoms with Crippen molar-refractivity contribution in [2.75, 3.05) is 55.8 Å². The Hall–Kier alpha value is -6.72. The number of hydrogen-bond donors (Lipinski definition) is 2. The van der Waals surface area contributed by atoms with Crippen molar-refractivity contribution in [2.45, 2.75) is 11.8 Å². The quantitative estimate of drug-likeness (QED) is 0.180. The molecule has 0 unspecified atom stereocenters. The number of sulfonamides is 1. The molecule has 3 aliphatic heterocycles. The van der Waals surface area contributed by atoms with Gasteiger partial charge in [-0.25, -0.2) is 0 Å². The fourth-order valence-corrected chi connectivity index (χ4v) is 8.21. The van der Waals surface area contributed by atoms with E-state index in [1.807, 2.05) is 66.5 Å². The van der Waals surface area contributed by atoms with Gasteiger partial charge >= 0.3 is 10.0 Å². The Labute approximate surface area is 335 Å². The standard InChI is InChI=1S/C16H17N2.C15H16N3O2S.C15H14N2O/c1-13-15-10-6-7-11-16(15)17(2)12-18(13)14-8-4-3-5-9-14;1-17-12-18(11-13-7-5-6-10-15(13)17)16-21(19,20)14-8-3-2-4-9-14;1-16-11-17(14-8-4-5-9-15(14)18)10-12-6-2-3-7-13(12)16/h3-11H,12H2,1-2H3;2-11,16H,12H2,1H3;2-10H,11H2,1H3/q2*+1;/p+1. The minimum atomic E-state index is -3.57. The summed E-state index contributed by atoms with van der Waals surface area (Å²) in [4.78, 5) is 9.29. The molecule has 9 rings (SSSR count). The van der Waals surface area contributed by atoms with E-state index in [2.05, 4.69) is 118 Å². The van der Waals surface area contributed by atoms with Crippen LogP contribution in [0.1, 0.15) is 23.6 Å². The first-order valence-electron chi connectivity index (χ1n) is 18.7. The molecule has 6 aromatic rings. The third-order valence-electron chi connectivity index (χ3n) is 10.0. The summed E-state index contributed by atoms with van der Waals surface area (Å²) in [6, 6.07) is 51.0. The minimum Gasteiger partial charge on any atom is -0.502 e. The average Bonchev–Trinajstić information content (AvgIpc) is 3.23. The maximum atomic E-state index is 12.3. The molecule has 0 spiro atoms. The first kappa shape index (κ1) is 38.6. The minimum absolute atomic E-state index is 0.250. The highest BCUT2D eigenvalue weighted by atomic mass is 32.2. The highest BCUT2D eigenvalue weighted by molar-refractivity contribution is 7.89. The first-order valence-corrected chi connectivity index (χ1v) is 20.2. The molecule has 57 heavy (non-hydrogen) atoms. The van der Waals surface area contributed by atoms with Gasteiger partial charge in [0.1, 0.15) is 0 Å². The molecule has 11 heteroatoms. The SMILES string of the molecule is CC1=[N+](c2ccccc2)CN(C)c2ccccc21.CN1C[N+](NS(=O)(=O)c2ccccc2)=Cc2ccccc21.CN1C[N+](c2ccccc2O)=Cc2ccccc21. The van der Waals surface area contributed by atoms with E-state index >= 15 is 0 Å². The highest BCUT2D eigenvalue weighted by Gasteiger charge is 2.28. The summed E-state index contributed by atoms with van der Waals surface area (Å²) in [5.41, 5.74) is 10.4. The second kappa shape index (κ2) is 17.0. The molecule has 3 aliphatic rings. The number of benzene rings is 6. The number of para-hydroxylation sites is 6. The summed E-state index contributed by atoms with van der Waals surface area (Å²) >= 11 is 0. The van der Waals surface area contributed by atoms with Crippen molar-refractivity contribution in [3.8, 4) is 5.75 Å². The Bertz CT molecular complexity index is 2570. The van der Waals surface area contributed by atoms with Gasteiger partial charge in [-0.05, 0) is 54.6 Å². The molecule has 0 fully saturated rings. The molecule has 0 amide bonds. The van der Waals surface area contributed by atoms with Gasteiger partial charge in [-0.1, -0.05) is 94.4 Å². The van der Waals surface area contributed by atoms with Crippen LogP contribution in [0.15, 0.2) is 163 Å². The summed E-state index contributed by atoms with van der Waals surface area (Å²) in [5, 5.41) is 9.92. The average molecular weight is 779 g/mol. The number of nitrogens with one attached hydrogen (secondary N) is 1. The van der Waals surface area contributed by atoms with Gasteiger partial charge in [-0.15, -0.1) is 0 Å². The molecule has 10 nitrogen and oxygen atoms in total. The van der Waals surface area contributed by atoms with Gasteiger partial charge in [0.15, 0.2) is 17.7 Å². The fraction of sp³-hybridized carbons (Fsp3) is 0.152. The van der Waals surface area contributed by atoms with Crippen LogP contribution in [0.25, 0.3) is 0 Å². The molecule has 0 saturated carbocycles. The van der Waals surface area contributed by atoms with Crippen molar-refractivity contribution < 1.29 is 27.4 Å². The van der Waals surface area contributed by atoms with Gasteiger partial charge in [0.05, 0.1) is 38.6 Å². The first-order chi connectivity index (χ1) is 27.6. The molecule has 0 aliphatic carbocycles. The molecule has 0 bridgehead atoms. The third kappa shape index (κ3) is 8.74. The Morgan fingerprint density at radius 1 is 0.561 bits per heavy atom. The highest BCUT2D eigenvalue weighted by Crippen LogP contribution is 2.30. The van der Waals surface area contributed by atoms with E-state index in [4.69, 9.17) is 0 Å². The zero-order valence-electron chi connectivity index (χ0n) is 32.6. The molecule has 3 heterocycles. The van der Waals surface area contributed by atoms with Crippen LogP contribution in [0.4, 0.5) is 28.4 Å². The van der Waals surface area contributed by atoms with Crippen molar-refractivity contribution in [1.82, 2.24) is 4.83 Å². The Balaban J connectivity index is 0.000000131. The van der Waals surface area contributed by atoms with Gasteiger partial charge in [0.2, 0.25) is 37.6 Å². The topological polar surface area (TPSA) is 85.2 Å². The zero-order chi connectivity index (χ0) is 39.9. The lowest BCUT2D eigenvalue weighted by Gasteiger charge is -2.25. The Morgan fingerprint density at radius 2 is 1.07 bits per heavy atom. The van der Waals surface area contributed by atoms with Crippen LogP contribution in [0.2, 0.25) is 0 Å². The van der Waals surface area contributed by atoms with Crippen LogP contribution in [0.5, 0.6) is 5.75 Å². The lowest BCUT2D eigenvalue weighted by molar-refractivity contribution is -0.559. The molecule has 0 atom stereocenters. The van der Waals surface area contributed by atoms with Crippen molar-refractivity contribution in [2.24, 2.45) is 0 Å². The van der Waals surface area contributed by atoms with E-state index in [1.165, 1.54) is 28.3 Å². The number of hydrazone groups is 1. The van der Waals surface area contributed by atoms with Gasteiger partial charge in [0, 0.05) is 46.3 Å². The van der Waals surface area contributed by atoms with Crippen molar-refractivity contribution in [1.29, 1.82) is 0 Å². The van der Waals surface area contributed by atoms with Crippen LogP contribution in [-0.4, -0.2) is 86.6 Å². The smallest absolute Gasteiger partial charge is 0.306 e. The summed E-state index contributed by atoms with van der Waals surface area (Å²) in [6.45, 7) is 4.27. The monoisotopic (exact) mass is 778 g/mol. The Kier molecular flexibility index (Phi) is 11.5. The molecule has 288 valence electrons. The van der Waals surface area contributed by atoms with E-state index in [1.54, 1.807) is 47.3 Å². The van der Waals surface area contributed by atoms with E-state index in [0.29, 0.717) is 12.4 Å². The third-order valence-corrected chi connectivity index (χ3v) is 11.4. The van der Waals surface area contributed by atoms with Crippen molar-refractivity contribution in [3.05, 3.63) is 174 Å². The number of phenols is 1. The Morgan fingerprint density at radius 3 is 1.74 bits per heavy atom. The molecular formula is C46H48N7O3S+3. The summed E-state index contributed by atoms with van der Waals surface area (Å²) < 4.78 is 30.6. The predicted octanol–water partition coefficient (Wildman–Crippen LogP) is 7.23. The van der Waals surface area contributed by atoms with Gasteiger partial charge in [0.25, 0.3) is 0 Å². The number of aromatic hydroxyl groups is 1. The number of fused-ring (bicyclic) bond motifs is 3. The molecule has 0 radical (unpaired) electrons. The van der Waals surface area contributed by atoms with E-state index < -0.39 is 10.0 Å². The normalized spacial score (nSPS) is 14.4. The van der Waals surface area contributed by atoms with Crippen LogP contribution >= 0.6 is 0 Å². The number of rotatable bonds is 5. The fourth-order valence-electron chi connectivity index (χ4n) is 7.17. The van der Waals surface area contributed by atoms with Gasteiger partial charge in [-0.3, -0.25) is 0 Å². The number of anilines is 3. The number of phenolic OH excluding ortho intramolecular Hbond substituents is 1. The largest absolute Gasteiger partial charge is 0.502 e. The van der Waals surface area contributed by atoms with E-state index in [0.717, 1.165) is 35.8 Å². The number of nitrogens with zero attached hydrogens (tertiary/aromatic N) is 6. The maximum absolute atomic E-state index is 12.3. The van der Waals surface area contributed by atoms with Crippen LogP contribution in [0.3, 0.4) is 0 Å². The number of hydrazine groups is 1. The van der Waals surface area contributed by atoms with Crippen molar-refractivity contribution in [3.63, 3.8) is 0 Å². The summed E-state index contributed by atoms with van der Waals surface area (Å²) in [5.74, 6) is 0.307. The van der Waals surface area contributed by atoms with E-state index in [9.17, 15) is 13.5 Å². The van der Waals surface area contributed by atoms with Crippen molar-refractivity contribution >= 4 is 56.6 Å². The lowest BCUT2D eigenvalue weighted by Crippen LogP contribution is -2.44. The maximum Gasteiger partial charge on any atom is 0.306 e. The molecule has 0 aromatic heterocycles. The number of hydrogen-bond acceptors (Lipinski definition) is 6. The van der Waals surface area contributed by atoms with Crippen LogP contribution < -0.4 is 19.5 Å². The predicted molar refractivity (Wildman–Crippen MR) is 231 cm³/mol. The lowest BCUT2D eigenvalue weighted by atomic mass is 10.1. The summed E-state index contributed by atoms with van der Waals surface area (Å²) in [7, 11) is 2.55. The molecule has 0 saturated heterocycles. The molecule has 2 N–H and O–H groups in total. The van der Waals surface area contributed by atoms with Gasteiger partial charge in [-0.2, -0.15) is 17.6 Å². The molecule has 6 aromatic carbocycles. The van der Waals surface area contributed by atoms with Crippen LogP contribution in [0, 0.1) is 0 Å². The van der Waals surface area contributed by atoms with Crippen LogP contribution in [-0.2, 0) is 10.0 Å². The molecular weight excluding hydrogens is 731 g/mol. The van der Waals surface area contributed by atoms with E-state index in [-0.39, 0.29) is 4.90 Å². The summed E-state index contributed by atoms with van der Waals surface area (Å²) in [6.07, 6.45) is 3.88. The van der Waals surface area contributed by atoms with Gasteiger partial charge < -0.3 is 19.8 Å². The second-order valence-corrected chi connectivity index (χ2v) is 15.8.